The van der Waals surface area contributed by atoms with Crippen LogP contribution in [0.25, 0.3) is 0 Å². The Bertz CT molecular complexity index is 308. The average Bonchev–Trinajstić information content (AvgIpc) is 2.36. The molecule has 0 aliphatic heterocycles. The Labute approximate surface area is 108 Å². The van der Waals surface area contributed by atoms with Crippen LogP contribution >= 0.6 is 0 Å². The van der Waals surface area contributed by atoms with Crippen molar-refractivity contribution in [3.8, 4) is 0 Å². The molecule has 2 N–H and O–H groups in total. The number of hydrogen-bond donors (Lipinski definition) is 2. The summed E-state index contributed by atoms with van der Waals surface area (Å²) >= 11 is 0. The molecule has 1 atom stereocenters. The van der Waals surface area contributed by atoms with E-state index >= 15 is 0 Å². The van der Waals surface area contributed by atoms with E-state index in [4.69, 9.17) is 4.74 Å². The van der Waals surface area contributed by atoms with Crippen LogP contribution in [0.5, 0.6) is 0 Å². The molecule has 0 aromatic rings. The van der Waals surface area contributed by atoms with Gasteiger partial charge < -0.3 is 15.2 Å². The van der Waals surface area contributed by atoms with E-state index in [9.17, 15) is 14.7 Å². The van der Waals surface area contributed by atoms with Crippen molar-refractivity contribution < 1.29 is 19.4 Å². The van der Waals surface area contributed by atoms with Crippen LogP contribution in [0.15, 0.2) is 0 Å². The fraction of sp³-hybridized carbons (Fsp3) is 0.846. The molecule has 0 aromatic heterocycles. The number of carbonyl (C=O) groups excluding carboxylic acids is 1. The van der Waals surface area contributed by atoms with Crippen molar-refractivity contribution in [1.82, 2.24) is 5.32 Å². The van der Waals surface area contributed by atoms with Gasteiger partial charge in [0.2, 0.25) is 5.91 Å². The molecule has 18 heavy (non-hydrogen) atoms. The Balaban J connectivity index is 2.66. The van der Waals surface area contributed by atoms with Gasteiger partial charge in [-0.2, -0.15) is 0 Å². The third-order valence-electron chi connectivity index (χ3n) is 3.73. The number of hydrogen-bond acceptors (Lipinski definition) is 3. The highest BCUT2D eigenvalue weighted by Crippen LogP contribution is 2.24. The predicted octanol–water partition coefficient (Wildman–Crippen LogP) is 1.56. The van der Waals surface area contributed by atoms with Gasteiger partial charge in [-0.25, -0.2) is 4.79 Å². The molecular weight excluding hydrogens is 234 g/mol. The number of carboxylic acids is 1. The number of aliphatic carboxylic acids is 1. The first-order valence-corrected chi connectivity index (χ1v) is 6.47. The molecular formula is C13H23NO4. The molecule has 1 aliphatic rings. The van der Waals surface area contributed by atoms with Crippen molar-refractivity contribution >= 4 is 11.9 Å². The van der Waals surface area contributed by atoms with Gasteiger partial charge in [-0.15, -0.1) is 0 Å². The van der Waals surface area contributed by atoms with Gasteiger partial charge in [0, 0.05) is 13.0 Å². The van der Waals surface area contributed by atoms with E-state index in [1.807, 2.05) is 0 Å². The minimum atomic E-state index is -1.06. The van der Waals surface area contributed by atoms with Crippen LogP contribution in [0.3, 0.4) is 0 Å². The number of carbonyl (C=O) groups is 2. The summed E-state index contributed by atoms with van der Waals surface area (Å²) in [5.41, 5.74) is -0.920. The summed E-state index contributed by atoms with van der Waals surface area (Å²) in [5, 5.41) is 11.8. The number of carboxylic acid groups (broad SMARTS) is 1. The van der Waals surface area contributed by atoms with E-state index in [1.165, 1.54) is 7.11 Å². The molecule has 1 fully saturated rings. The maximum absolute atomic E-state index is 12.0. The summed E-state index contributed by atoms with van der Waals surface area (Å²) in [7, 11) is 1.45. The van der Waals surface area contributed by atoms with Crippen LogP contribution in [0, 0.1) is 5.92 Å². The second kappa shape index (κ2) is 6.18. The lowest BCUT2D eigenvalue weighted by Gasteiger charge is -2.32. The third kappa shape index (κ3) is 3.70. The van der Waals surface area contributed by atoms with E-state index in [-0.39, 0.29) is 11.8 Å². The zero-order valence-electron chi connectivity index (χ0n) is 11.4. The summed E-state index contributed by atoms with van der Waals surface area (Å²) in [4.78, 5) is 23.3. The highest BCUT2D eigenvalue weighted by molar-refractivity contribution is 5.85. The summed E-state index contributed by atoms with van der Waals surface area (Å²) in [5.74, 6) is -1.27. The first-order chi connectivity index (χ1) is 8.38. The lowest BCUT2D eigenvalue weighted by molar-refractivity contribution is -0.151. The molecule has 1 aliphatic carbocycles. The maximum atomic E-state index is 12.0. The van der Waals surface area contributed by atoms with Gasteiger partial charge in [-0.1, -0.05) is 19.3 Å². The molecule has 0 unspecified atom stereocenters. The normalized spacial score (nSPS) is 19.3. The molecule has 0 radical (unpaired) electrons. The molecule has 0 saturated heterocycles. The number of nitrogens with one attached hydrogen (secondary N) is 1. The van der Waals surface area contributed by atoms with Crippen LogP contribution in [0.4, 0.5) is 0 Å². The standard InChI is InChI=1S/C13H23NO4/c1-13(2,18-3)10(12(16)17)14-11(15)9-7-5-4-6-8-9/h9-10H,4-8H2,1-3H3,(H,14,15)(H,16,17)/t10-/m1/s1. The Kier molecular flexibility index (Phi) is 5.14. The second-order valence-electron chi connectivity index (χ2n) is 5.42. The van der Waals surface area contributed by atoms with Crippen molar-refractivity contribution in [2.75, 3.05) is 7.11 Å². The summed E-state index contributed by atoms with van der Waals surface area (Å²) in [6.45, 7) is 3.32. The molecule has 1 rings (SSSR count). The lowest BCUT2D eigenvalue weighted by atomic mass is 9.88. The average molecular weight is 257 g/mol. The fourth-order valence-electron chi connectivity index (χ4n) is 2.28. The minimum absolute atomic E-state index is 0.0479. The van der Waals surface area contributed by atoms with E-state index in [2.05, 4.69) is 5.32 Å². The van der Waals surface area contributed by atoms with Crippen molar-refractivity contribution in [3.05, 3.63) is 0 Å². The summed E-state index contributed by atoms with van der Waals surface area (Å²) in [6, 6.07) is -1.02. The molecule has 0 spiro atoms. The highest BCUT2D eigenvalue weighted by atomic mass is 16.5. The van der Waals surface area contributed by atoms with E-state index in [0.717, 1.165) is 32.1 Å². The van der Waals surface area contributed by atoms with Gasteiger partial charge in [0.15, 0.2) is 6.04 Å². The van der Waals surface area contributed by atoms with E-state index in [1.54, 1.807) is 13.8 Å². The Morgan fingerprint density at radius 2 is 1.83 bits per heavy atom. The molecule has 1 amide bonds. The quantitative estimate of drug-likeness (QED) is 0.783. The maximum Gasteiger partial charge on any atom is 0.329 e. The summed E-state index contributed by atoms with van der Waals surface area (Å²) in [6.07, 6.45) is 4.96. The zero-order chi connectivity index (χ0) is 13.8. The Morgan fingerprint density at radius 1 is 1.28 bits per heavy atom. The summed E-state index contributed by atoms with van der Waals surface area (Å²) < 4.78 is 5.15. The van der Waals surface area contributed by atoms with Gasteiger partial charge in [0.1, 0.15) is 0 Å². The smallest absolute Gasteiger partial charge is 0.329 e. The zero-order valence-corrected chi connectivity index (χ0v) is 11.4. The molecule has 0 aromatic carbocycles. The first-order valence-electron chi connectivity index (χ1n) is 6.47. The predicted molar refractivity (Wildman–Crippen MR) is 67.2 cm³/mol. The Morgan fingerprint density at radius 3 is 2.28 bits per heavy atom. The van der Waals surface area contributed by atoms with Crippen LogP contribution < -0.4 is 5.32 Å². The van der Waals surface area contributed by atoms with Crippen molar-refractivity contribution in [2.24, 2.45) is 5.92 Å². The van der Waals surface area contributed by atoms with Gasteiger partial charge in [-0.3, -0.25) is 4.79 Å². The number of ether oxygens (including phenoxy) is 1. The van der Waals surface area contributed by atoms with Gasteiger partial charge in [-0.05, 0) is 26.7 Å². The molecule has 104 valence electrons. The monoisotopic (exact) mass is 257 g/mol. The van der Waals surface area contributed by atoms with Crippen LogP contribution in [0.2, 0.25) is 0 Å². The highest BCUT2D eigenvalue weighted by Gasteiger charge is 2.38. The number of rotatable bonds is 5. The third-order valence-corrected chi connectivity index (χ3v) is 3.73. The number of methoxy groups -OCH3 is 1. The SMILES string of the molecule is COC(C)(C)[C@H](NC(=O)C1CCCCC1)C(=O)O. The Hall–Kier alpha value is -1.10. The van der Waals surface area contributed by atoms with E-state index in [0.29, 0.717) is 0 Å². The van der Waals surface area contributed by atoms with Crippen molar-refractivity contribution in [2.45, 2.75) is 57.6 Å². The fourth-order valence-corrected chi connectivity index (χ4v) is 2.28. The van der Waals surface area contributed by atoms with Crippen LogP contribution in [-0.4, -0.2) is 35.7 Å². The van der Waals surface area contributed by atoms with Crippen LogP contribution in [0.1, 0.15) is 46.0 Å². The topological polar surface area (TPSA) is 75.6 Å². The second-order valence-corrected chi connectivity index (χ2v) is 5.42. The molecule has 0 heterocycles. The first kappa shape index (κ1) is 15.0. The van der Waals surface area contributed by atoms with Crippen molar-refractivity contribution in [1.29, 1.82) is 0 Å². The lowest BCUT2D eigenvalue weighted by Crippen LogP contribution is -2.56. The van der Waals surface area contributed by atoms with Gasteiger partial charge >= 0.3 is 5.97 Å². The molecule has 1 saturated carbocycles. The van der Waals surface area contributed by atoms with Crippen LogP contribution in [-0.2, 0) is 14.3 Å². The molecule has 0 bridgehead atoms. The van der Waals surface area contributed by atoms with Gasteiger partial charge in [0.05, 0.1) is 5.60 Å². The largest absolute Gasteiger partial charge is 0.480 e. The molecule has 5 nitrogen and oxygen atoms in total. The van der Waals surface area contributed by atoms with Gasteiger partial charge in [0.25, 0.3) is 0 Å². The van der Waals surface area contributed by atoms with Crippen molar-refractivity contribution in [3.63, 3.8) is 0 Å². The minimum Gasteiger partial charge on any atom is -0.480 e. The van der Waals surface area contributed by atoms with E-state index < -0.39 is 17.6 Å². The number of amides is 1. The molecule has 5 heteroatoms.